The number of hydrogen-bond acceptors (Lipinski definition) is 4. The van der Waals surface area contributed by atoms with Crippen molar-refractivity contribution < 1.29 is 4.39 Å². The minimum absolute atomic E-state index is 0.256. The molecule has 0 aliphatic carbocycles. The molecule has 2 aromatic heterocycles. The highest BCUT2D eigenvalue weighted by Gasteiger charge is 2.15. The number of anilines is 1. The van der Waals surface area contributed by atoms with E-state index in [0.717, 1.165) is 0 Å². The van der Waals surface area contributed by atoms with Gasteiger partial charge in [0, 0.05) is 18.1 Å². The summed E-state index contributed by atoms with van der Waals surface area (Å²) in [6.07, 6.45) is 4.79. The lowest BCUT2D eigenvalue weighted by molar-refractivity contribution is 0.630. The molecule has 0 aliphatic rings. The molecule has 0 saturated carbocycles. The van der Waals surface area contributed by atoms with E-state index in [1.54, 1.807) is 35.1 Å². The molecule has 0 fully saturated rings. The van der Waals surface area contributed by atoms with Crippen molar-refractivity contribution in [2.24, 2.45) is 0 Å². The number of nitrogen functional groups attached to an aromatic ring is 1. The first-order valence-corrected chi connectivity index (χ1v) is 4.96. The number of halogens is 1. The van der Waals surface area contributed by atoms with Gasteiger partial charge in [0.1, 0.15) is 5.82 Å². The summed E-state index contributed by atoms with van der Waals surface area (Å²) in [6.45, 7) is 0. The Balaban J connectivity index is 2.35. The van der Waals surface area contributed by atoms with Gasteiger partial charge in [-0.1, -0.05) is 6.07 Å². The summed E-state index contributed by atoms with van der Waals surface area (Å²) in [7, 11) is 0. The molecule has 0 atom stereocenters. The lowest BCUT2D eigenvalue weighted by atomic mass is 10.1. The van der Waals surface area contributed by atoms with Crippen LogP contribution < -0.4 is 5.73 Å². The van der Waals surface area contributed by atoms with E-state index in [9.17, 15) is 4.39 Å². The minimum Gasteiger partial charge on any atom is -0.398 e. The van der Waals surface area contributed by atoms with Crippen LogP contribution in [0.4, 0.5) is 10.1 Å². The van der Waals surface area contributed by atoms with E-state index in [1.165, 1.54) is 6.07 Å². The fourth-order valence-electron chi connectivity index (χ4n) is 1.70. The predicted octanol–water partition coefficient (Wildman–Crippen LogP) is 1.51. The van der Waals surface area contributed by atoms with Crippen molar-refractivity contribution in [3.05, 3.63) is 42.6 Å². The fourth-order valence-corrected chi connectivity index (χ4v) is 1.70. The average molecular weight is 229 g/mol. The van der Waals surface area contributed by atoms with Crippen LogP contribution >= 0.6 is 0 Å². The zero-order valence-corrected chi connectivity index (χ0v) is 8.71. The van der Waals surface area contributed by atoms with Crippen molar-refractivity contribution in [1.82, 2.24) is 19.6 Å². The minimum atomic E-state index is -0.420. The molecular formula is C11H8FN5. The summed E-state index contributed by atoms with van der Waals surface area (Å²) in [6, 6.07) is 4.52. The SMILES string of the molecule is Nc1cccc(F)c1-c1nnc2cnccn12. The number of aromatic nitrogens is 4. The summed E-state index contributed by atoms with van der Waals surface area (Å²) in [5.41, 5.74) is 6.90. The molecule has 1 aromatic carbocycles. The zero-order valence-electron chi connectivity index (χ0n) is 8.71. The fraction of sp³-hybridized carbons (Fsp3) is 0. The van der Waals surface area contributed by atoms with E-state index in [-0.39, 0.29) is 5.56 Å². The standard InChI is InChI=1S/C11H8FN5/c12-7-2-1-3-8(13)10(7)11-16-15-9-6-14-4-5-17(9)11/h1-6H,13H2. The van der Waals surface area contributed by atoms with Gasteiger partial charge < -0.3 is 5.73 Å². The number of benzene rings is 1. The molecule has 0 saturated heterocycles. The topological polar surface area (TPSA) is 69.1 Å². The molecule has 3 aromatic rings. The van der Waals surface area contributed by atoms with Crippen LogP contribution in [0.3, 0.4) is 0 Å². The Morgan fingerprint density at radius 2 is 2.12 bits per heavy atom. The van der Waals surface area contributed by atoms with Gasteiger partial charge >= 0.3 is 0 Å². The van der Waals surface area contributed by atoms with E-state index in [4.69, 9.17) is 5.73 Å². The van der Waals surface area contributed by atoms with Crippen LogP contribution in [0.1, 0.15) is 0 Å². The molecule has 6 heteroatoms. The quantitative estimate of drug-likeness (QED) is 0.642. The van der Waals surface area contributed by atoms with Crippen molar-refractivity contribution in [2.45, 2.75) is 0 Å². The van der Waals surface area contributed by atoms with Crippen LogP contribution in [0, 0.1) is 5.82 Å². The molecule has 0 unspecified atom stereocenters. The van der Waals surface area contributed by atoms with Crippen LogP contribution in [0.25, 0.3) is 17.0 Å². The summed E-state index contributed by atoms with van der Waals surface area (Å²) < 4.78 is 15.4. The third-order valence-electron chi connectivity index (χ3n) is 2.48. The van der Waals surface area contributed by atoms with Gasteiger partial charge in [-0.25, -0.2) is 4.39 Å². The second-order valence-corrected chi connectivity index (χ2v) is 3.53. The maximum atomic E-state index is 13.8. The van der Waals surface area contributed by atoms with Gasteiger partial charge in [-0.15, -0.1) is 10.2 Å². The smallest absolute Gasteiger partial charge is 0.179 e. The van der Waals surface area contributed by atoms with Gasteiger partial charge in [0.25, 0.3) is 0 Å². The largest absolute Gasteiger partial charge is 0.398 e. The third kappa shape index (κ3) is 1.42. The lowest BCUT2D eigenvalue weighted by Gasteiger charge is -2.04. The number of fused-ring (bicyclic) bond motifs is 1. The van der Waals surface area contributed by atoms with Gasteiger partial charge in [-0.05, 0) is 12.1 Å². The lowest BCUT2D eigenvalue weighted by Crippen LogP contribution is -1.97. The number of nitrogens with two attached hydrogens (primary N) is 1. The van der Waals surface area contributed by atoms with E-state index in [2.05, 4.69) is 15.2 Å². The molecule has 0 amide bonds. The predicted molar refractivity (Wildman–Crippen MR) is 60.6 cm³/mol. The summed E-state index contributed by atoms with van der Waals surface area (Å²) in [5.74, 6) is -0.0471. The van der Waals surface area contributed by atoms with Gasteiger partial charge in [0.05, 0.1) is 11.8 Å². The highest BCUT2D eigenvalue weighted by Crippen LogP contribution is 2.27. The Hall–Kier alpha value is -2.50. The van der Waals surface area contributed by atoms with Crippen molar-refractivity contribution in [3.8, 4) is 11.4 Å². The second-order valence-electron chi connectivity index (χ2n) is 3.53. The first-order chi connectivity index (χ1) is 8.27. The van der Waals surface area contributed by atoms with Gasteiger partial charge in [-0.2, -0.15) is 0 Å². The molecule has 0 aliphatic heterocycles. The van der Waals surface area contributed by atoms with Crippen LogP contribution in [0.15, 0.2) is 36.8 Å². The van der Waals surface area contributed by atoms with E-state index in [1.807, 2.05) is 0 Å². The van der Waals surface area contributed by atoms with Crippen LogP contribution in [-0.2, 0) is 0 Å². The van der Waals surface area contributed by atoms with Gasteiger partial charge in [-0.3, -0.25) is 9.38 Å². The van der Waals surface area contributed by atoms with Crippen molar-refractivity contribution >= 4 is 11.3 Å². The monoisotopic (exact) mass is 229 g/mol. The highest BCUT2D eigenvalue weighted by molar-refractivity contribution is 5.73. The van der Waals surface area contributed by atoms with Crippen molar-refractivity contribution in [1.29, 1.82) is 0 Å². The number of hydrogen-bond donors (Lipinski definition) is 1. The molecule has 84 valence electrons. The van der Waals surface area contributed by atoms with E-state index in [0.29, 0.717) is 17.2 Å². The first-order valence-electron chi connectivity index (χ1n) is 4.96. The highest BCUT2D eigenvalue weighted by atomic mass is 19.1. The summed E-state index contributed by atoms with van der Waals surface area (Å²) >= 11 is 0. The van der Waals surface area contributed by atoms with Crippen molar-refractivity contribution in [3.63, 3.8) is 0 Å². The Bertz CT molecular complexity index is 671. The molecule has 0 bridgehead atoms. The van der Waals surface area contributed by atoms with Gasteiger partial charge in [0.15, 0.2) is 11.5 Å². The van der Waals surface area contributed by atoms with Crippen molar-refractivity contribution in [2.75, 3.05) is 5.73 Å². The zero-order chi connectivity index (χ0) is 11.8. The van der Waals surface area contributed by atoms with Crippen LogP contribution in [0.2, 0.25) is 0 Å². The Labute approximate surface area is 95.7 Å². The Morgan fingerprint density at radius 3 is 2.94 bits per heavy atom. The first kappa shape index (κ1) is 9.71. The summed E-state index contributed by atoms with van der Waals surface area (Å²) in [5, 5.41) is 7.85. The Kier molecular flexibility index (Phi) is 2.01. The third-order valence-corrected chi connectivity index (χ3v) is 2.48. The van der Waals surface area contributed by atoms with Crippen LogP contribution in [-0.4, -0.2) is 19.6 Å². The maximum absolute atomic E-state index is 13.8. The van der Waals surface area contributed by atoms with E-state index >= 15 is 0 Å². The summed E-state index contributed by atoms with van der Waals surface area (Å²) in [4.78, 5) is 3.92. The van der Waals surface area contributed by atoms with Gasteiger partial charge in [0.2, 0.25) is 0 Å². The molecule has 17 heavy (non-hydrogen) atoms. The number of nitrogens with zero attached hydrogens (tertiary/aromatic N) is 4. The van der Waals surface area contributed by atoms with Crippen LogP contribution in [0.5, 0.6) is 0 Å². The molecule has 3 rings (SSSR count). The molecule has 5 nitrogen and oxygen atoms in total. The molecule has 0 spiro atoms. The molecular weight excluding hydrogens is 221 g/mol. The second kappa shape index (κ2) is 3.51. The maximum Gasteiger partial charge on any atom is 0.179 e. The Morgan fingerprint density at radius 1 is 1.24 bits per heavy atom. The normalized spacial score (nSPS) is 10.9. The molecule has 2 heterocycles. The molecule has 2 N–H and O–H groups in total. The van der Waals surface area contributed by atoms with E-state index < -0.39 is 5.82 Å². The number of rotatable bonds is 1. The molecule has 0 radical (unpaired) electrons. The average Bonchev–Trinajstić information content (AvgIpc) is 2.73.